The first-order chi connectivity index (χ1) is 7.77. The van der Waals surface area contributed by atoms with Gasteiger partial charge in [0.2, 0.25) is 0 Å². The molecule has 0 saturated heterocycles. The Kier molecular flexibility index (Phi) is 3.00. The largest absolute Gasteiger partial charge is 0.365 e. The highest BCUT2D eigenvalue weighted by atomic mass is 16.5. The summed E-state index contributed by atoms with van der Waals surface area (Å²) in [5.74, 6) is 0.981. The third kappa shape index (κ3) is 2.28. The first-order valence-corrected chi connectivity index (χ1v) is 5.03. The fourth-order valence-electron chi connectivity index (χ4n) is 1.47. The number of imidazole rings is 1. The number of hydrogen-bond donors (Lipinski definition) is 1. The van der Waals surface area contributed by atoms with E-state index >= 15 is 0 Å². The van der Waals surface area contributed by atoms with E-state index in [2.05, 4.69) is 32.6 Å². The first-order valence-electron chi connectivity index (χ1n) is 5.03. The average Bonchev–Trinajstić information content (AvgIpc) is 2.88. The Labute approximate surface area is 93.3 Å². The molecule has 0 aliphatic carbocycles. The highest BCUT2D eigenvalue weighted by molar-refractivity contribution is 5.78. The molecule has 4 heteroatoms. The van der Waals surface area contributed by atoms with Gasteiger partial charge in [0, 0.05) is 0 Å². The molecule has 0 amide bonds. The predicted octanol–water partition coefficient (Wildman–Crippen LogP) is 2.85. The summed E-state index contributed by atoms with van der Waals surface area (Å²) < 4.78 is 4.33. The van der Waals surface area contributed by atoms with Crippen LogP contribution in [0.5, 0.6) is 0 Å². The summed E-state index contributed by atoms with van der Waals surface area (Å²) in [5, 5.41) is 3.35. The lowest BCUT2D eigenvalue weighted by molar-refractivity contribution is 0.420. The second-order valence-corrected chi connectivity index (χ2v) is 3.48. The molecule has 2 aromatic heterocycles. The smallest absolute Gasteiger partial charge is 0.123 e. The quantitative estimate of drug-likeness (QED) is 0.627. The van der Waals surface area contributed by atoms with Crippen LogP contribution in [0.3, 0.4) is 0 Å². The number of fused-ring (bicyclic) bond motifs is 1. The van der Waals surface area contributed by atoms with Gasteiger partial charge in [-0.1, -0.05) is 17.3 Å². The van der Waals surface area contributed by atoms with Gasteiger partial charge in [-0.3, -0.25) is 0 Å². The topological polar surface area (TPSA) is 54.7 Å². The summed E-state index contributed by atoms with van der Waals surface area (Å²) in [6, 6.07) is 7.85. The summed E-state index contributed by atoms with van der Waals surface area (Å²) in [6.45, 7) is 4.05. The van der Waals surface area contributed by atoms with Crippen molar-refractivity contribution in [3.8, 4) is 0 Å². The van der Waals surface area contributed by atoms with Crippen molar-refractivity contribution >= 4 is 11.0 Å². The van der Waals surface area contributed by atoms with Gasteiger partial charge in [0.15, 0.2) is 0 Å². The Morgan fingerprint density at radius 3 is 2.62 bits per heavy atom. The number of aromatic nitrogens is 3. The lowest BCUT2D eigenvalue weighted by atomic mass is 10.2. The molecular weight excluding hydrogens is 202 g/mol. The summed E-state index contributed by atoms with van der Waals surface area (Å²) in [5.41, 5.74) is 3.47. The molecule has 1 aromatic carbocycles. The van der Waals surface area contributed by atoms with E-state index in [-0.39, 0.29) is 0 Å². The third-order valence-corrected chi connectivity index (χ3v) is 2.19. The predicted molar refractivity (Wildman–Crippen MR) is 62.1 cm³/mol. The molecule has 0 radical (unpaired) electrons. The van der Waals surface area contributed by atoms with E-state index in [0.29, 0.717) is 0 Å². The summed E-state index contributed by atoms with van der Waals surface area (Å²) in [4.78, 5) is 7.53. The molecule has 0 saturated carbocycles. The van der Waals surface area contributed by atoms with Gasteiger partial charge in [-0.05, 0) is 31.5 Å². The molecule has 0 fully saturated rings. The Balaban J connectivity index is 0.000000162. The van der Waals surface area contributed by atoms with Crippen LogP contribution in [0.1, 0.15) is 11.4 Å². The fourth-order valence-corrected chi connectivity index (χ4v) is 1.47. The number of benzene rings is 1. The van der Waals surface area contributed by atoms with Gasteiger partial charge in [-0.25, -0.2) is 4.98 Å². The molecule has 0 atom stereocenters. The molecular formula is C12H13N3O. The number of nitrogens with zero attached hydrogens (tertiary/aromatic N) is 2. The Hall–Kier alpha value is -2.10. The highest BCUT2D eigenvalue weighted by Crippen LogP contribution is 2.14. The van der Waals surface area contributed by atoms with Gasteiger partial charge in [-0.2, -0.15) is 0 Å². The van der Waals surface area contributed by atoms with Crippen LogP contribution in [0.15, 0.2) is 41.2 Å². The SMILES string of the molecule is Cc1nc2cccc(C)c2[nH]1.c1cnoc1. The van der Waals surface area contributed by atoms with Crippen molar-refractivity contribution < 1.29 is 4.52 Å². The Bertz CT molecular complexity index is 537. The van der Waals surface area contributed by atoms with Crippen molar-refractivity contribution in [1.82, 2.24) is 15.1 Å². The summed E-state index contributed by atoms with van der Waals surface area (Å²) >= 11 is 0. The van der Waals surface area contributed by atoms with E-state index in [0.717, 1.165) is 16.9 Å². The molecule has 3 aromatic rings. The zero-order valence-corrected chi connectivity index (χ0v) is 9.27. The fraction of sp³-hybridized carbons (Fsp3) is 0.167. The standard InChI is InChI=1S/C9H10N2.C3H3NO/c1-6-4-3-5-8-9(6)11-7(2)10-8;1-2-4-5-3-1/h3-5H,1-2H3,(H,10,11);1-3H. The van der Waals surface area contributed by atoms with Crippen LogP contribution >= 0.6 is 0 Å². The van der Waals surface area contributed by atoms with Crippen LogP contribution in [0.25, 0.3) is 11.0 Å². The normalized spacial score (nSPS) is 9.88. The molecule has 0 unspecified atom stereocenters. The lowest BCUT2D eigenvalue weighted by Gasteiger charge is -1.91. The second kappa shape index (κ2) is 4.61. The minimum atomic E-state index is 0.981. The number of nitrogens with one attached hydrogen (secondary N) is 1. The van der Waals surface area contributed by atoms with Crippen molar-refractivity contribution in [1.29, 1.82) is 0 Å². The van der Waals surface area contributed by atoms with E-state index < -0.39 is 0 Å². The highest BCUT2D eigenvalue weighted by Gasteiger charge is 1.99. The number of para-hydroxylation sites is 1. The average molecular weight is 215 g/mol. The van der Waals surface area contributed by atoms with Crippen LogP contribution in [-0.2, 0) is 0 Å². The van der Waals surface area contributed by atoms with E-state index in [1.54, 1.807) is 12.3 Å². The van der Waals surface area contributed by atoms with E-state index in [9.17, 15) is 0 Å². The molecule has 82 valence electrons. The molecule has 0 spiro atoms. The number of H-pyrrole nitrogens is 1. The maximum atomic E-state index is 4.33. The molecule has 2 heterocycles. The minimum absolute atomic E-state index is 0.981. The molecule has 4 nitrogen and oxygen atoms in total. The van der Waals surface area contributed by atoms with Gasteiger partial charge >= 0.3 is 0 Å². The Morgan fingerprint density at radius 2 is 2.06 bits per heavy atom. The second-order valence-electron chi connectivity index (χ2n) is 3.48. The molecule has 16 heavy (non-hydrogen) atoms. The maximum Gasteiger partial charge on any atom is 0.123 e. The lowest BCUT2D eigenvalue weighted by Crippen LogP contribution is -1.74. The maximum absolute atomic E-state index is 4.33. The van der Waals surface area contributed by atoms with Gasteiger partial charge in [0.05, 0.1) is 17.2 Å². The van der Waals surface area contributed by atoms with Gasteiger partial charge in [-0.15, -0.1) is 0 Å². The van der Waals surface area contributed by atoms with E-state index in [1.165, 1.54) is 11.8 Å². The van der Waals surface area contributed by atoms with Crippen LogP contribution in [0.4, 0.5) is 0 Å². The number of hydrogen-bond acceptors (Lipinski definition) is 3. The molecule has 1 N–H and O–H groups in total. The first kappa shape index (κ1) is 10.4. The zero-order valence-electron chi connectivity index (χ0n) is 9.27. The van der Waals surface area contributed by atoms with Crippen LogP contribution < -0.4 is 0 Å². The van der Waals surface area contributed by atoms with Gasteiger partial charge in [0.25, 0.3) is 0 Å². The number of aryl methyl sites for hydroxylation is 2. The third-order valence-electron chi connectivity index (χ3n) is 2.19. The summed E-state index contributed by atoms with van der Waals surface area (Å²) in [7, 11) is 0. The molecule has 0 bridgehead atoms. The summed E-state index contributed by atoms with van der Waals surface area (Å²) in [6.07, 6.45) is 3.10. The number of rotatable bonds is 0. The molecule has 0 aliphatic rings. The van der Waals surface area contributed by atoms with Crippen molar-refractivity contribution in [3.05, 3.63) is 48.1 Å². The van der Waals surface area contributed by atoms with Gasteiger partial charge < -0.3 is 9.51 Å². The molecule has 0 aliphatic heterocycles. The minimum Gasteiger partial charge on any atom is -0.365 e. The Morgan fingerprint density at radius 1 is 1.19 bits per heavy atom. The van der Waals surface area contributed by atoms with Crippen molar-refractivity contribution in [3.63, 3.8) is 0 Å². The van der Waals surface area contributed by atoms with Crippen LogP contribution in [-0.4, -0.2) is 15.1 Å². The zero-order chi connectivity index (χ0) is 11.4. The van der Waals surface area contributed by atoms with Crippen LogP contribution in [0, 0.1) is 13.8 Å². The van der Waals surface area contributed by atoms with Crippen molar-refractivity contribution in [2.24, 2.45) is 0 Å². The van der Waals surface area contributed by atoms with Crippen molar-refractivity contribution in [2.75, 3.05) is 0 Å². The van der Waals surface area contributed by atoms with Gasteiger partial charge in [0.1, 0.15) is 12.1 Å². The van der Waals surface area contributed by atoms with Crippen molar-refractivity contribution in [2.45, 2.75) is 13.8 Å². The van der Waals surface area contributed by atoms with E-state index in [1.807, 2.05) is 19.1 Å². The van der Waals surface area contributed by atoms with E-state index in [4.69, 9.17) is 0 Å². The van der Waals surface area contributed by atoms with Crippen LogP contribution in [0.2, 0.25) is 0 Å². The monoisotopic (exact) mass is 215 g/mol. The molecule has 3 rings (SSSR count). The number of aromatic amines is 1.